The first-order valence-corrected chi connectivity index (χ1v) is 7.10. The molecule has 0 amide bonds. The van der Waals surface area contributed by atoms with Crippen molar-refractivity contribution in [3.63, 3.8) is 0 Å². The van der Waals surface area contributed by atoms with Gasteiger partial charge in [-0.2, -0.15) is 4.98 Å². The van der Waals surface area contributed by atoms with E-state index >= 15 is 0 Å². The summed E-state index contributed by atoms with van der Waals surface area (Å²) >= 11 is 6.03. The van der Waals surface area contributed by atoms with Gasteiger partial charge in [-0.25, -0.2) is 9.66 Å². The Balaban J connectivity index is 2.12. The van der Waals surface area contributed by atoms with Gasteiger partial charge in [0.1, 0.15) is 11.3 Å². The number of nitrogens with zero attached hydrogens (tertiary/aromatic N) is 4. The second-order valence-electron chi connectivity index (χ2n) is 4.68. The molecule has 19 heavy (non-hydrogen) atoms. The summed E-state index contributed by atoms with van der Waals surface area (Å²) in [6, 6.07) is 3.76. The molecule has 2 aromatic rings. The molecule has 5 nitrogen and oxygen atoms in total. The maximum absolute atomic E-state index is 6.03. The van der Waals surface area contributed by atoms with Crippen molar-refractivity contribution in [2.24, 2.45) is 0 Å². The lowest BCUT2D eigenvalue weighted by molar-refractivity contribution is 0.398. The van der Waals surface area contributed by atoms with Crippen molar-refractivity contribution in [2.75, 3.05) is 25.2 Å². The first-order chi connectivity index (χ1) is 9.33. The second kappa shape index (κ2) is 5.25. The monoisotopic (exact) mass is 280 g/mol. The van der Waals surface area contributed by atoms with E-state index in [1.54, 1.807) is 7.11 Å². The van der Waals surface area contributed by atoms with Gasteiger partial charge in [0, 0.05) is 19.2 Å². The number of ether oxygens (including phenoxy) is 1. The average molecular weight is 281 g/mol. The fraction of sp³-hybridized carbons (Fsp3) is 0.538. The van der Waals surface area contributed by atoms with E-state index in [9.17, 15) is 0 Å². The molecule has 1 aliphatic heterocycles. The Hall–Kier alpha value is -1.49. The highest BCUT2D eigenvalue weighted by molar-refractivity contribution is 6.16. The van der Waals surface area contributed by atoms with E-state index < -0.39 is 0 Å². The molecule has 0 atom stereocenters. The number of rotatable bonds is 3. The molecule has 102 valence electrons. The molecule has 0 aliphatic carbocycles. The van der Waals surface area contributed by atoms with E-state index in [-0.39, 0.29) is 0 Å². The van der Waals surface area contributed by atoms with Crippen molar-refractivity contribution in [3.05, 3.63) is 18.0 Å². The number of hydrogen-bond donors (Lipinski definition) is 0. The molecule has 3 heterocycles. The number of fused-ring (bicyclic) bond motifs is 1. The van der Waals surface area contributed by atoms with Crippen molar-refractivity contribution in [3.8, 4) is 5.88 Å². The Bertz CT molecular complexity index is 577. The number of pyridine rings is 1. The number of piperidine rings is 1. The first-order valence-electron chi connectivity index (χ1n) is 6.57. The zero-order valence-electron chi connectivity index (χ0n) is 11.0. The van der Waals surface area contributed by atoms with Crippen LogP contribution in [0.15, 0.2) is 12.1 Å². The summed E-state index contributed by atoms with van der Waals surface area (Å²) in [6.45, 7) is 2.04. The molecule has 6 heteroatoms. The van der Waals surface area contributed by atoms with Gasteiger partial charge in [0.2, 0.25) is 5.88 Å². The van der Waals surface area contributed by atoms with Crippen LogP contribution in [0.4, 0.5) is 0 Å². The van der Waals surface area contributed by atoms with E-state index in [0.717, 1.165) is 30.1 Å². The fourth-order valence-corrected chi connectivity index (χ4v) is 2.72. The van der Waals surface area contributed by atoms with E-state index in [1.165, 1.54) is 19.3 Å². The van der Waals surface area contributed by atoms with Gasteiger partial charge in [0.15, 0.2) is 5.65 Å². The van der Waals surface area contributed by atoms with Crippen LogP contribution in [-0.4, -0.2) is 34.8 Å². The Morgan fingerprint density at radius 2 is 2.00 bits per heavy atom. The third-order valence-electron chi connectivity index (χ3n) is 3.47. The van der Waals surface area contributed by atoms with Crippen molar-refractivity contribution in [1.29, 1.82) is 0 Å². The maximum Gasteiger partial charge on any atom is 0.215 e. The topological polar surface area (TPSA) is 43.2 Å². The van der Waals surface area contributed by atoms with Crippen LogP contribution >= 0.6 is 11.6 Å². The molecule has 0 bridgehead atoms. The molecule has 1 aliphatic rings. The summed E-state index contributed by atoms with van der Waals surface area (Å²) in [4.78, 5) is 9.07. The molecule has 0 radical (unpaired) electrons. The standard InChI is InChI=1S/C13H17ClN4O/c1-19-12-6-5-10-13(16-12)18(11(9-14)15-10)17-7-3-2-4-8-17/h5-6H,2-4,7-9H2,1H3. The molecular formula is C13H17ClN4O. The molecule has 2 aromatic heterocycles. The molecular weight excluding hydrogens is 264 g/mol. The summed E-state index contributed by atoms with van der Waals surface area (Å²) < 4.78 is 7.26. The first kappa shape index (κ1) is 12.5. The summed E-state index contributed by atoms with van der Waals surface area (Å²) in [5, 5.41) is 2.28. The minimum absolute atomic E-state index is 0.384. The average Bonchev–Trinajstić information content (AvgIpc) is 2.85. The summed E-state index contributed by atoms with van der Waals surface area (Å²) in [5.41, 5.74) is 1.69. The SMILES string of the molecule is COc1ccc2nc(CCl)n(N3CCCCC3)c2n1. The van der Waals surface area contributed by atoms with Crippen LogP contribution < -0.4 is 9.75 Å². The predicted octanol–water partition coefficient (Wildman–Crippen LogP) is 2.30. The number of hydrogen-bond acceptors (Lipinski definition) is 4. The van der Waals surface area contributed by atoms with Gasteiger partial charge in [-0.15, -0.1) is 11.6 Å². The lowest BCUT2D eigenvalue weighted by Crippen LogP contribution is -2.40. The van der Waals surface area contributed by atoms with Gasteiger partial charge in [-0.3, -0.25) is 0 Å². The normalized spacial score (nSPS) is 16.0. The number of methoxy groups -OCH3 is 1. The lowest BCUT2D eigenvalue weighted by Gasteiger charge is -2.30. The van der Waals surface area contributed by atoms with Crippen LogP contribution in [0, 0.1) is 0 Å². The van der Waals surface area contributed by atoms with Crippen LogP contribution in [0.2, 0.25) is 0 Å². The van der Waals surface area contributed by atoms with Crippen LogP contribution in [0.5, 0.6) is 5.88 Å². The maximum atomic E-state index is 6.03. The minimum Gasteiger partial charge on any atom is -0.481 e. The van der Waals surface area contributed by atoms with Gasteiger partial charge >= 0.3 is 0 Å². The molecule has 0 N–H and O–H groups in total. The van der Waals surface area contributed by atoms with Gasteiger partial charge in [-0.1, -0.05) is 0 Å². The van der Waals surface area contributed by atoms with Crippen LogP contribution in [0.1, 0.15) is 25.1 Å². The molecule has 1 saturated heterocycles. The fourth-order valence-electron chi connectivity index (χ4n) is 2.55. The highest BCUT2D eigenvalue weighted by atomic mass is 35.5. The smallest absolute Gasteiger partial charge is 0.215 e. The van der Waals surface area contributed by atoms with Crippen molar-refractivity contribution < 1.29 is 4.74 Å². The molecule has 1 fully saturated rings. The Kier molecular flexibility index (Phi) is 3.46. The highest BCUT2D eigenvalue weighted by Crippen LogP contribution is 2.21. The molecule has 3 rings (SSSR count). The largest absolute Gasteiger partial charge is 0.481 e. The molecule has 0 unspecified atom stereocenters. The van der Waals surface area contributed by atoms with E-state index in [4.69, 9.17) is 16.3 Å². The van der Waals surface area contributed by atoms with Gasteiger partial charge in [0.05, 0.1) is 13.0 Å². The third kappa shape index (κ3) is 2.23. The Morgan fingerprint density at radius 3 is 2.68 bits per heavy atom. The number of imidazole rings is 1. The van der Waals surface area contributed by atoms with Crippen molar-refractivity contribution >= 4 is 22.8 Å². The summed E-state index contributed by atoms with van der Waals surface area (Å²) in [7, 11) is 1.62. The summed E-state index contributed by atoms with van der Waals surface area (Å²) in [6.07, 6.45) is 3.69. The minimum atomic E-state index is 0.384. The number of aromatic nitrogens is 3. The quantitative estimate of drug-likeness (QED) is 0.809. The molecule has 0 spiro atoms. The summed E-state index contributed by atoms with van der Waals surface area (Å²) in [5.74, 6) is 1.83. The van der Waals surface area contributed by atoms with Crippen LogP contribution in [0.25, 0.3) is 11.2 Å². The van der Waals surface area contributed by atoms with Crippen molar-refractivity contribution in [2.45, 2.75) is 25.1 Å². The van der Waals surface area contributed by atoms with E-state index in [1.807, 2.05) is 12.1 Å². The number of alkyl halides is 1. The zero-order valence-corrected chi connectivity index (χ0v) is 11.7. The molecule has 0 aromatic carbocycles. The van der Waals surface area contributed by atoms with Crippen LogP contribution in [-0.2, 0) is 5.88 Å². The third-order valence-corrected chi connectivity index (χ3v) is 3.71. The van der Waals surface area contributed by atoms with Gasteiger partial charge < -0.3 is 9.75 Å². The Labute approximate surface area is 117 Å². The predicted molar refractivity (Wildman–Crippen MR) is 75.4 cm³/mol. The van der Waals surface area contributed by atoms with Crippen molar-refractivity contribution in [1.82, 2.24) is 14.6 Å². The van der Waals surface area contributed by atoms with Crippen LogP contribution in [0.3, 0.4) is 0 Å². The highest BCUT2D eigenvalue weighted by Gasteiger charge is 2.19. The lowest BCUT2D eigenvalue weighted by atomic mass is 10.2. The van der Waals surface area contributed by atoms with E-state index in [2.05, 4.69) is 19.7 Å². The number of halogens is 1. The second-order valence-corrected chi connectivity index (χ2v) is 4.95. The Morgan fingerprint density at radius 1 is 1.21 bits per heavy atom. The van der Waals surface area contributed by atoms with Gasteiger partial charge in [0.25, 0.3) is 0 Å². The van der Waals surface area contributed by atoms with Gasteiger partial charge in [-0.05, 0) is 25.3 Å². The molecule has 0 saturated carbocycles. The zero-order chi connectivity index (χ0) is 13.2. The van der Waals surface area contributed by atoms with E-state index in [0.29, 0.717) is 11.8 Å².